The topological polar surface area (TPSA) is 82.1 Å². The van der Waals surface area contributed by atoms with Gasteiger partial charge in [0, 0.05) is 18.9 Å². The molecule has 3 aliphatic heterocycles. The lowest BCUT2D eigenvalue weighted by molar-refractivity contribution is -0.179. The third kappa shape index (κ3) is 4.03. The normalized spacial score (nSPS) is 43.7. The van der Waals surface area contributed by atoms with Crippen LogP contribution < -0.4 is 0 Å². The van der Waals surface area contributed by atoms with E-state index in [0.717, 1.165) is 18.4 Å². The van der Waals surface area contributed by atoms with Crippen molar-refractivity contribution in [2.45, 2.75) is 95.7 Å². The quantitative estimate of drug-likeness (QED) is 0.419. The standard InChI is InChI=1S/C22H32O6/c1-13-6-7-19(26-15(3)23)22(5)10-8-16(14(2)20(25)28-22)12-18(24)21(4)11-9-17(13)27-21/h6,16-19,24H,2,7-12H2,1,3-5H3/b13-6-/t16-,17+,18-,19+,21-,22-/m0/s1. The third-order valence-corrected chi connectivity index (χ3v) is 6.75. The van der Waals surface area contributed by atoms with E-state index < -0.39 is 35.3 Å². The van der Waals surface area contributed by atoms with Crippen LogP contribution in [0.25, 0.3) is 0 Å². The van der Waals surface area contributed by atoms with Crippen molar-refractivity contribution >= 4 is 11.9 Å². The Kier molecular flexibility index (Phi) is 5.74. The summed E-state index contributed by atoms with van der Waals surface area (Å²) in [7, 11) is 0. The Morgan fingerprint density at radius 3 is 2.64 bits per heavy atom. The van der Waals surface area contributed by atoms with E-state index in [1.54, 1.807) is 0 Å². The molecule has 6 atom stereocenters. The van der Waals surface area contributed by atoms with Crippen LogP contribution in [0.2, 0.25) is 0 Å². The van der Waals surface area contributed by atoms with Gasteiger partial charge in [-0.3, -0.25) is 4.79 Å². The molecule has 2 saturated heterocycles. The van der Waals surface area contributed by atoms with Crippen LogP contribution in [0, 0.1) is 5.92 Å². The number of hydrogen-bond acceptors (Lipinski definition) is 6. The third-order valence-electron chi connectivity index (χ3n) is 6.75. The largest absolute Gasteiger partial charge is 0.458 e. The van der Waals surface area contributed by atoms with Gasteiger partial charge in [-0.25, -0.2) is 4.79 Å². The fourth-order valence-electron chi connectivity index (χ4n) is 4.61. The van der Waals surface area contributed by atoms with Gasteiger partial charge in [-0.15, -0.1) is 0 Å². The van der Waals surface area contributed by atoms with Crippen LogP contribution in [0.5, 0.6) is 0 Å². The van der Waals surface area contributed by atoms with Gasteiger partial charge in [-0.05, 0) is 64.4 Å². The lowest BCUT2D eigenvalue weighted by atomic mass is 9.81. The van der Waals surface area contributed by atoms with Gasteiger partial charge >= 0.3 is 11.9 Å². The molecule has 1 N–H and O–H groups in total. The molecule has 28 heavy (non-hydrogen) atoms. The number of fused-ring (bicyclic) bond motifs is 5. The fourth-order valence-corrected chi connectivity index (χ4v) is 4.61. The summed E-state index contributed by atoms with van der Waals surface area (Å²) in [4.78, 5) is 24.4. The maximum atomic E-state index is 12.7. The number of carbonyl (C=O) groups excluding carboxylic acids is 2. The zero-order valence-electron chi connectivity index (χ0n) is 17.3. The number of hydrogen-bond donors (Lipinski definition) is 1. The number of esters is 2. The Morgan fingerprint density at radius 2 is 1.96 bits per heavy atom. The van der Waals surface area contributed by atoms with Gasteiger partial charge in [0.1, 0.15) is 11.7 Å². The van der Waals surface area contributed by atoms with E-state index in [4.69, 9.17) is 14.2 Å². The summed E-state index contributed by atoms with van der Waals surface area (Å²) in [6.45, 7) is 11.1. The van der Waals surface area contributed by atoms with E-state index in [9.17, 15) is 14.7 Å². The second-order valence-electron chi connectivity index (χ2n) is 8.95. The minimum Gasteiger partial charge on any atom is -0.458 e. The highest BCUT2D eigenvalue weighted by molar-refractivity contribution is 5.89. The number of carbonyl (C=O) groups is 2. The zero-order chi connectivity index (χ0) is 20.7. The van der Waals surface area contributed by atoms with Crippen LogP contribution >= 0.6 is 0 Å². The Morgan fingerprint density at radius 1 is 1.29 bits per heavy atom. The number of aliphatic hydroxyl groups excluding tert-OH is 1. The first-order valence-corrected chi connectivity index (χ1v) is 10.2. The molecule has 2 fully saturated rings. The van der Waals surface area contributed by atoms with Gasteiger partial charge < -0.3 is 19.3 Å². The van der Waals surface area contributed by atoms with Crippen molar-refractivity contribution in [1.82, 2.24) is 0 Å². The van der Waals surface area contributed by atoms with Gasteiger partial charge in [-0.1, -0.05) is 12.7 Å². The maximum Gasteiger partial charge on any atom is 0.334 e. The Bertz CT molecular complexity index is 697. The molecule has 0 saturated carbocycles. The van der Waals surface area contributed by atoms with Gasteiger partial charge in [0.15, 0.2) is 0 Å². The highest BCUT2D eigenvalue weighted by Gasteiger charge is 2.47. The molecule has 6 nitrogen and oxygen atoms in total. The zero-order valence-corrected chi connectivity index (χ0v) is 17.3. The Labute approximate surface area is 166 Å². The molecule has 0 aromatic carbocycles. The number of rotatable bonds is 1. The van der Waals surface area contributed by atoms with E-state index in [0.29, 0.717) is 31.3 Å². The highest BCUT2D eigenvalue weighted by Crippen LogP contribution is 2.42. The van der Waals surface area contributed by atoms with Crippen molar-refractivity contribution in [2.75, 3.05) is 0 Å². The summed E-state index contributed by atoms with van der Waals surface area (Å²) in [6.07, 6.45) is 4.20. The smallest absolute Gasteiger partial charge is 0.334 e. The van der Waals surface area contributed by atoms with Crippen LogP contribution in [0.4, 0.5) is 0 Å². The Balaban J connectivity index is 2.01. The molecule has 0 aliphatic carbocycles. The molecule has 3 rings (SSSR count). The van der Waals surface area contributed by atoms with E-state index in [1.807, 2.05) is 26.8 Å². The van der Waals surface area contributed by atoms with Crippen LogP contribution in [0.3, 0.4) is 0 Å². The summed E-state index contributed by atoms with van der Waals surface area (Å²) in [5.74, 6) is -1.09. The average molecular weight is 392 g/mol. The molecule has 156 valence electrons. The van der Waals surface area contributed by atoms with Crippen LogP contribution in [-0.2, 0) is 23.8 Å². The van der Waals surface area contributed by atoms with Gasteiger partial charge in [0.05, 0.1) is 17.8 Å². The average Bonchev–Trinajstić information content (AvgIpc) is 2.99. The van der Waals surface area contributed by atoms with Crippen molar-refractivity contribution in [3.63, 3.8) is 0 Å². The molecule has 0 aromatic heterocycles. The second kappa shape index (κ2) is 7.64. The highest BCUT2D eigenvalue weighted by atomic mass is 16.6. The molecule has 4 bridgehead atoms. The van der Waals surface area contributed by atoms with Crippen LogP contribution in [0.15, 0.2) is 23.8 Å². The molecule has 6 heteroatoms. The fraction of sp³-hybridized carbons (Fsp3) is 0.727. The molecule has 0 amide bonds. The summed E-state index contributed by atoms with van der Waals surface area (Å²) in [6, 6.07) is 0. The van der Waals surface area contributed by atoms with E-state index >= 15 is 0 Å². The predicted molar refractivity (Wildman–Crippen MR) is 103 cm³/mol. The SMILES string of the molecule is C=C1C(=O)O[C@@]2(C)CC[C@H]1C[C@H](O)[C@]1(C)CC[C@@H](O1)/C(C)=C\C[C@H]2OC(C)=O. The first-order valence-electron chi connectivity index (χ1n) is 10.2. The van der Waals surface area contributed by atoms with Crippen LogP contribution in [0.1, 0.15) is 66.2 Å². The molecule has 3 heterocycles. The molecule has 0 unspecified atom stereocenters. The number of aliphatic hydroxyl groups is 1. The van der Waals surface area contributed by atoms with E-state index in [2.05, 4.69) is 6.58 Å². The summed E-state index contributed by atoms with van der Waals surface area (Å²) in [5, 5.41) is 10.9. The monoisotopic (exact) mass is 392 g/mol. The molecule has 0 aromatic rings. The minimum atomic E-state index is -0.944. The molecule has 3 aliphatic rings. The van der Waals surface area contributed by atoms with E-state index in [-0.39, 0.29) is 12.0 Å². The summed E-state index contributed by atoms with van der Waals surface area (Å²) < 4.78 is 17.6. The van der Waals surface area contributed by atoms with Crippen molar-refractivity contribution < 1.29 is 28.9 Å². The summed E-state index contributed by atoms with van der Waals surface area (Å²) in [5.41, 5.74) is -0.187. The van der Waals surface area contributed by atoms with Crippen molar-refractivity contribution in [1.29, 1.82) is 0 Å². The first kappa shape index (κ1) is 21.1. The summed E-state index contributed by atoms with van der Waals surface area (Å²) >= 11 is 0. The molecular formula is C22H32O6. The molecule has 0 spiro atoms. The lowest BCUT2D eigenvalue weighted by Gasteiger charge is -2.35. The predicted octanol–water partition coefficient (Wildman–Crippen LogP) is 3.22. The van der Waals surface area contributed by atoms with Crippen LogP contribution in [-0.4, -0.2) is 46.6 Å². The van der Waals surface area contributed by atoms with Gasteiger partial charge in [0.2, 0.25) is 0 Å². The van der Waals surface area contributed by atoms with Gasteiger partial charge in [-0.2, -0.15) is 0 Å². The molecular weight excluding hydrogens is 360 g/mol. The first-order chi connectivity index (χ1) is 13.0. The van der Waals surface area contributed by atoms with E-state index in [1.165, 1.54) is 6.92 Å². The minimum absolute atomic E-state index is 0.0724. The Hall–Kier alpha value is -1.66. The van der Waals surface area contributed by atoms with Crippen molar-refractivity contribution in [3.05, 3.63) is 23.8 Å². The molecule has 0 radical (unpaired) electrons. The second-order valence-corrected chi connectivity index (χ2v) is 8.95. The van der Waals surface area contributed by atoms with Gasteiger partial charge in [0.25, 0.3) is 0 Å². The maximum absolute atomic E-state index is 12.7. The van der Waals surface area contributed by atoms with Crippen molar-refractivity contribution in [3.8, 4) is 0 Å². The van der Waals surface area contributed by atoms with Crippen molar-refractivity contribution in [2.24, 2.45) is 5.92 Å². The number of ether oxygens (including phenoxy) is 3. The lowest BCUT2D eigenvalue weighted by Crippen LogP contribution is -2.45.